The Balaban J connectivity index is 1.73. The molecule has 6 heteroatoms. The number of benzene rings is 2. The lowest BCUT2D eigenvalue weighted by Crippen LogP contribution is -2.32. The topological polar surface area (TPSA) is 64.8 Å². The van der Waals surface area contributed by atoms with Crippen molar-refractivity contribution in [2.45, 2.75) is 25.3 Å². The summed E-state index contributed by atoms with van der Waals surface area (Å²) >= 11 is 6.27. The molecule has 2 aromatic rings. The molecule has 1 heterocycles. The van der Waals surface area contributed by atoms with Crippen molar-refractivity contribution in [3.8, 4) is 11.5 Å². The Hall–Kier alpha value is -2.24. The summed E-state index contributed by atoms with van der Waals surface area (Å²) in [6.07, 6.45) is 0.897. The molecule has 0 radical (unpaired) electrons. The van der Waals surface area contributed by atoms with Crippen molar-refractivity contribution in [3.63, 3.8) is 0 Å². The molecule has 1 aliphatic heterocycles. The van der Waals surface area contributed by atoms with Crippen LogP contribution in [0.5, 0.6) is 11.5 Å². The Bertz CT molecular complexity index is 812. The summed E-state index contributed by atoms with van der Waals surface area (Å²) in [5, 5.41) is 0.446. The third-order valence-electron chi connectivity index (χ3n) is 4.81. The van der Waals surface area contributed by atoms with Crippen molar-refractivity contribution in [3.05, 3.63) is 58.6 Å². The van der Waals surface area contributed by atoms with Crippen LogP contribution in [0, 0.1) is 0 Å². The minimum absolute atomic E-state index is 0.0696. The summed E-state index contributed by atoms with van der Waals surface area (Å²) in [4.78, 5) is 14.7. The SMILES string of the molecule is CCCOc1ccc(C(=O)N2CC(N)C(c3cccc(OC)c3)C2)cc1Cl. The molecule has 5 nitrogen and oxygen atoms in total. The molecule has 0 aromatic heterocycles. The number of nitrogens with zero attached hydrogens (tertiary/aromatic N) is 1. The van der Waals surface area contributed by atoms with E-state index in [2.05, 4.69) is 0 Å². The molecule has 2 aromatic carbocycles. The monoisotopic (exact) mass is 388 g/mol. The third-order valence-corrected chi connectivity index (χ3v) is 5.11. The van der Waals surface area contributed by atoms with Gasteiger partial charge in [0.2, 0.25) is 0 Å². The number of ether oxygens (including phenoxy) is 2. The minimum atomic E-state index is -0.122. The predicted molar refractivity (Wildman–Crippen MR) is 107 cm³/mol. The summed E-state index contributed by atoms with van der Waals surface area (Å²) < 4.78 is 10.9. The number of hydrogen-bond donors (Lipinski definition) is 1. The molecule has 0 saturated carbocycles. The van der Waals surface area contributed by atoms with Crippen molar-refractivity contribution in [2.75, 3.05) is 26.8 Å². The largest absolute Gasteiger partial charge is 0.497 e. The highest BCUT2D eigenvalue weighted by atomic mass is 35.5. The number of hydrogen-bond acceptors (Lipinski definition) is 4. The summed E-state index contributed by atoms with van der Waals surface area (Å²) in [6, 6.07) is 12.9. The van der Waals surface area contributed by atoms with Crippen molar-refractivity contribution in [2.24, 2.45) is 5.73 Å². The average molecular weight is 389 g/mol. The molecule has 27 heavy (non-hydrogen) atoms. The Morgan fingerprint density at radius 2 is 2.07 bits per heavy atom. The van der Waals surface area contributed by atoms with Gasteiger partial charge < -0.3 is 20.1 Å². The number of halogens is 1. The maximum absolute atomic E-state index is 12.9. The van der Waals surface area contributed by atoms with E-state index in [1.165, 1.54) is 0 Å². The van der Waals surface area contributed by atoms with Gasteiger partial charge >= 0.3 is 0 Å². The zero-order chi connectivity index (χ0) is 19.4. The van der Waals surface area contributed by atoms with Crippen LogP contribution in [0.2, 0.25) is 5.02 Å². The maximum Gasteiger partial charge on any atom is 0.253 e. The highest BCUT2D eigenvalue weighted by Gasteiger charge is 2.34. The van der Waals surface area contributed by atoms with Gasteiger partial charge in [0, 0.05) is 30.6 Å². The third kappa shape index (κ3) is 4.37. The van der Waals surface area contributed by atoms with Crippen LogP contribution in [0.25, 0.3) is 0 Å². The van der Waals surface area contributed by atoms with Gasteiger partial charge in [0.25, 0.3) is 5.91 Å². The molecule has 0 spiro atoms. The van der Waals surface area contributed by atoms with Gasteiger partial charge in [-0.15, -0.1) is 0 Å². The number of nitrogens with two attached hydrogens (primary N) is 1. The number of likely N-dealkylation sites (tertiary alicyclic amines) is 1. The molecule has 3 rings (SSSR count). The van der Waals surface area contributed by atoms with Crippen LogP contribution in [0.4, 0.5) is 0 Å². The van der Waals surface area contributed by atoms with Gasteiger partial charge in [-0.2, -0.15) is 0 Å². The highest BCUT2D eigenvalue weighted by molar-refractivity contribution is 6.32. The van der Waals surface area contributed by atoms with E-state index in [0.717, 1.165) is 17.7 Å². The minimum Gasteiger partial charge on any atom is -0.497 e. The molecule has 1 fully saturated rings. The van der Waals surface area contributed by atoms with Crippen molar-refractivity contribution in [1.82, 2.24) is 4.90 Å². The molecule has 2 atom stereocenters. The zero-order valence-corrected chi connectivity index (χ0v) is 16.4. The second-order valence-electron chi connectivity index (χ2n) is 6.75. The second-order valence-corrected chi connectivity index (χ2v) is 7.16. The van der Waals surface area contributed by atoms with Gasteiger partial charge in [-0.1, -0.05) is 30.7 Å². The smallest absolute Gasteiger partial charge is 0.253 e. The summed E-state index contributed by atoms with van der Waals surface area (Å²) in [7, 11) is 1.64. The number of carbonyl (C=O) groups excluding carboxylic acids is 1. The Morgan fingerprint density at radius 3 is 2.78 bits per heavy atom. The normalized spacial score (nSPS) is 19.2. The van der Waals surface area contributed by atoms with E-state index in [0.29, 0.717) is 36.0 Å². The van der Waals surface area contributed by atoms with Gasteiger partial charge in [0.15, 0.2) is 0 Å². The molecule has 1 amide bonds. The molecule has 144 valence electrons. The molecule has 1 saturated heterocycles. The quantitative estimate of drug-likeness (QED) is 0.819. The number of amides is 1. The van der Waals surface area contributed by atoms with Crippen LogP contribution in [0.1, 0.15) is 35.2 Å². The van der Waals surface area contributed by atoms with E-state index < -0.39 is 0 Å². The van der Waals surface area contributed by atoms with Crippen LogP contribution in [0.3, 0.4) is 0 Å². The Kier molecular flexibility index (Phi) is 6.24. The molecular weight excluding hydrogens is 364 g/mol. The van der Waals surface area contributed by atoms with Crippen LogP contribution in [0.15, 0.2) is 42.5 Å². The van der Waals surface area contributed by atoms with Crippen LogP contribution in [-0.2, 0) is 0 Å². The second kappa shape index (κ2) is 8.63. The number of methoxy groups -OCH3 is 1. The lowest BCUT2D eigenvalue weighted by Gasteiger charge is -2.17. The van der Waals surface area contributed by atoms with E-state index in [9.17, 15) is 4.79 Å². The standard InChI is InChI=1S/C21H25ClN2O3/c1-3-9-27-20-8-7-15(11-18(20)22)21(25)24-12-17(19(23)13-24)14-5-4-6-16(10-14)26-2/h4-8,10-11,17,19H,3,9,12-13,23H2,1-2H3. The van der Waals surface area contributed by atoms with Crippen LogP contribution in [-0.4, -0.2) is 43.7 Å². The van der Waals surface area contributed by atoms with Crippen molar-refractivity contribution in [1.29, 1.82) is 0 Å². The molecule has 0 aliphatic carbocycles. The first kappa shape index (κ1) is 19.5. The molecular formula is C21H25ClN2O3. The van der Waals surface area contributed by atoms with Gasteiger partial charge in [-0.25, -0.2) is 0 Å². The zero-order valence-electron chi connectivity index (χ0n) is 15.7. The maximum atomic E-state index is 12.9. The molecule has 2 N–H and O–H groups in total. The van der Waals surface area contributed by atoms with E-state index in [4.69, 9.17) is 26.8 Å². The predicted octanol–water partition coefficient (Wildman–Crippen LogP) is 3.70. The van der Waals surface area contributed by atoms with Crippen LogP contribution < -0.4 is 15.2 Å². The van der Waals surface area contributed by atoms with Gasteiger partial charge in [0.1, 0.15) is 11.5 Å². The van der Waals surface area contributed by atoms with Gasteiger partial charge in [-0.05, 0) is 42.3 Å². The van der Waals surface area contributed by atoms with Crippen molar-refractivity contribution >= 4 is 17.5 Å². The fourth-order valence-electron chi connectivity index (χ4n) is 3.37. The number of carbonyl (C=O) groups is 1. The molecule has 1 aliphatic rings. The Labute approximate surface area is 165 Å². The molecule has 0 bridgehead atoms. The first-order valence-corrected chi connectivity index (χ1v) is 9.52. The fourth-order valence-corrected chi connectivity index (χ4v) is 3.60. The van der Waals surface area contributed by atoms with E-state index >= 15 is 0 Å². The van der Waals surface area contributed by atoms with E-state index in [1.807, 2.05) is 31.2 Å². The summed E-state index contributed by atoms with van der Waals surface area (Å²) in [6.45, 7) is 3.70. The van der Waals surface area contributed by atoms with E-state index in [1.54, 1.807) is 30.2 Å². The average Bonchev–Trinajstić information content (AvgIpc) is 3.08. The number of rotatable bonds is 6. The van der Waals surface area contributed by atoms with E-state index in [-0.39, 0.29) is 17.9 Å². The van der Waals surface area contributed by atoms with Crippen LogP contribution >= 0.6 is 11.6 Å². The van der Waals surface area contributed by atoms with Gasteiger partial charge in [-0.3, -0.25) is 4.79 Å². The lowest BCUT2D eigenvalue weighted by molar-refractivity contribution is 0.0789. The Morgan fingerprint density at radius 1 is 1.26 bits per heavy atom. The highest BCUT2D eigenvalue weighted by Crippen LogP contribution is 2.31. The first-order chi connectivity index (χ1) is 13.0. The lowest BCUT2D eigenvalue weighted by atomic mass is 9.95. The summed E-state index contributed by atoms with van der Waals surface area (Å²) in [5.41, 5.74) is 7.96. The fraction of sp³-hybridized carbons (Fsp3) is 0.381. The first-order valence-electron chi connectivity index (χ1n) is 9.14. The molecule has 2 unspecified atom stereocenters. The summed E-state index contributed by atoms with van der Waals surface area (Å²) in [5.74, 6) is 1.40. The van der Waals surface area contributed by atoms with Gasteiger partial charge in [0.05, 0.1) is 18.7 Å². The van der Waals surface area contributed by atoms with Crippen molar-refractivity contribution < 1.29 is 14.3 Å².